The molecular formula is C15H18N4O2. The molecule has 0 bridgehead atoms. The molecule has 21 heavy (non-hydrogen) atoms. The zero-order valence-electron chi connectivity index (χ0n) is 12.0. The van der Waals surface area contributed by atoms with Crippen LogP contribution in [-0.4, -0.2) is 21.0 Å². The van der Waals surface area contributed by atoms with E-state index in [-0.39, 0.29) is 17.4 Å². The molecule has 0 fully saturated rings. The van der Waals surface area contributed by atoms with E-state index in [1.165, 1.54) is 12.4 Å². The number of para-hydroxylation sites is 1. The highest BCUT2D eigenvalue weighted by molar-refractivity contribution is 5.97. The molecule has 1 unspecified atom stereocenters. The largest absolute Gasteiger partial charge is 0.437 e. The Kier molecular flexibility index (Phi) is 4.71. The predicted molar refractivity (Wildman–Crippen MR) is 79.8 cm³/mol. The first-order valence-electron chi connectivity index (χ1n) is 6.73. The lowest BCUT2D eigenvalue weighted by Gasteiger charge is -2.15. The summed E-state index contributed by atoms with van der Waals surface area (Å²) in [6.07, 6.45) is 3.95. The molecule has 3 N–H and O–H groups in total. The second kappa shape index (κ2) is 6.69. The average molecular weight is 286 g/mol. The first kappa shape index (κ1) is 14.8. The maximum absolute atomic E-state index is 8.80. The van der Waals surface area contributed by atoms with Gasteiger partial charge in [0.25, 0.3) is 0 Å². The topological polar surface area (TPSA) is 93.6 Å². The number of nitrogens with zero attached hydrogens (tertiary/aromatic N) is 3. The summed E-state index contributed by atoms with van der Waals surface area (Å²) in [5.41, 5.74) is 6.88. The van der Waals surface area contributed by atoms with Gasteiger partial charge in [-0.2, -0.15) is 0 Å². The number of oxime groups is 1. The van der Waals surface area contributed by atoms with Crippen LogP contribution in [0.4, 0.5) is 0 Å². The summed E-state index contributed by atoms with van der Waals surface area (Å²) >= 11 is 0. The van der Waals surface area contributed by atoms with Crippen molar-refractivity contribution in [2.24, 2.45) is 10.9 Å². The highest BCUT2D eigenvalue weighted by atomic mass is 16.5. The van der Waals surface area contributed by atoms with Crippen molar-refractivity contribution in [2.75, 3.05) is 0 Å². The van der Waals surface area contributed by atoms with Gasteiger partial charge < -0.3 is 15.7 Å². The van der Waals surface area contributed by atoms with Crippen molar-refractivity contribution in [1.29, 1.82) is 0 Å². The van der Waals surface area contributed by atoms with Crippen molar-refractivity contribution in [2.45, 2.75) is 26.2 Å². The Morgan fingerprint density at radius 3 is 2.76 bits per heavy atom. The Bertz CT molecular complexity index is 643. The molecule has 0 saturated carbocycles. The molecule has 0 aliphatic carbocycles. The minimum absolute atomic E-state index is 0.140. The first-order valence-corrected chi connectivity index (χ1v) is 6.73. The molecule has 6 heteroatoms. The lowest BCUT2D eigenvalue weighted by molar-refractivity contribution is 0.318. The molecule has 0 saturated heterocycles. The van der Waals surface area contributed by atoms with E-state index < -0.39 is 0 Å². The van der Waals surface area contributed by atoms with Crippen molar-refractivity contribution >= 4 is 5.84 Å². The zero-order chi connectivity index (χ0) is 15.2. The molecule has 1 aromatic carbocycles. The molecule has 6 nitrogen and oxygen atoms in total. The number of ether oxygens (including phenoxy) is 1. The summed E-state index contributed by atoms with van der Waals surface area (Å²) < 4.78 is 5.84. The van der Waals surface area contributed by atoms with Crippen LogP contribution >= 0.6 is 0 Å². The predicted octanol–water partition coefficient (Wildman–Crippen LogP) is 2.88. The lowest BCUT2D eigenvalue weighted by atomic mass is 9.98. The Labute approximate surface area is 123 Å². The quantitative estimate of drug-likeness (QED) is 0.381. The van der Waals surface area contributed by atoms with Gasteiger partial charge in [-0.05, 0) is 24.0 Å². The lowest BCUT2D eigenvalue weighted by Crippen LogP contribution is -2.16. The molecule has 1 atom stereocenters. The van der Waals surface area contributed by atoms with E-state index in [0.29, 0.717) is 11.7 Å². The summed E-state index contributed by atoms with van der Waals surface area (Å²) in [6.45, 7) is 4.24. The van der Waals surface area contributed by atoms with Gasteiger partial charge in [-0.25, -0.2) is 9.97 Å². The van der Waals surface area contributed by atoms with Gasteiger partial charge >= 0.3 is 0 Å². The molecule has 1 aromatic heterocycles. The molecule has 1 heterocycles. The van der Waals surface area contributed by atoms with E-state index in [2.05, 4.69) is 29.0 Å². The second-order valence-electron chi connectivity index (χ2n) is 4.64. The number of hydrogen-bond donors (Lipinski definition) is 2. The van der Waals surface area contributed by atoms with Gasteiger partial charge in [0.05, 0.1) is 0 Å². The van der Waals surface area contributed by atoms with Crippen molar-refractivity contribution < 1.29 is 9.94 Å². The van der Waals surface area contributed by atoms with E-state index in [0.717, 1.165) is 12.0 Å². The van der Waals surface area contributed by atoms with Crippen LogP contribution < -0.4 is 10.5 Å². The summed E-state index contributed by atoms with van der Waals surface area (Å²) in [4.78, 5) is 8.15. The normalized spacial score (nSPS) is 13.0. The highest BCUT2D eigenvalue weighted by Gasteiger charge is 2.15. The number of rotatable bonds is 5. The molecule has 110 valence electrons. The zero-order valence-corrected chi connectivity index (χ0v) is 12.0. The number of aromatic nitrogens is 2. The average Bonchev–Trinajstić information content (AvgIpc) is 2.54. The molecular weight excluding hydrogens is 268 g/mol. The fourth-order valence-corrected chi connectivity index (χ4v) is 1.93. The molecule has 0 aliphatic rings. The van der Waals surface area contributed by atoms with Gasteiger partial charge in [0.1, 0.15) is 5.75 Å². The Balaban J connectivity index is 2.40. The molecule has 0 aliphatic heterocycles. The highest BCUT2D eigenvalue weighted by Crippen LogP contribution is 2.31. The fraction of sp³-hybridized carbons (Fsp3) is 0.267. The Morgan fingerprint density at radius 2 is 2.05 bits per heavy atom. The van der Waals surface area contributed by atoms with Gasteiger partial charge in [-0.15, -0.1) is 0 Å². The smallest absolute Gasteiger partial charge is 0.249 e. The third-order valence-electron chi connectivity index (χ3n) is 3.28. The van der Waals surface area contributed by atoms with Gasteiger partial charge in [0.2, 0.25) is 5.88 Å². The van der Waals surface area contributed by atoms with Gasteiger partial charge in [0, 0.05) is 12.4 Å². The molecule has 2 rings (SSSR count). The molecule has 0 spiro atoms. The van der Waals surface area contributed by atoms with Crippen LogP contribution in [0, 0.1) is 0 Å². The van der Waals surface area contributed by atoms with Gasteiger partial charge in [-0.1, -0.05) is 37.2 Å². The van der Waals surface area contributed by atoms with Crippen molar-refractivity contribution in [3.8, 4) is 11.6 Å². The number of benzene rings is 1. The van der Waals surface area contributed by atoms with Crippen molar-refractivity contribution in [1.82, 2.24) is 9.97 Å². The fourth-order valence-electron chi connectivity index (χ4n) is 1.93. The molecule has 0 amide bonds. The third-order valence-corrected chi connectivity index (χ3v) is 3.28. The van der Waals surface area contributed by atoms with Crippen LogP contribution in [0.15, 0.2) is 41.8 Å². The summed E-state index contributed by atoms with van der Waals surface area (Å²) in [5.74, 6) is 1.12. The van der Waals surface area contributed by atoms with Crippen LogP contribution in [0.3, 0.4) is 0 Å². The molecule has 2 aromatic rings. The standard InChI is InChI=1S/C15H18N4O2/c1-3-10(2)11-6-4-5-7-12(11)21-15-13(14(16)19-20)17-8-9-18-15/h4-10,20H,3H2,1-2H3,(H2,16,19). The Morgan fingerprint density at radius 1 is 1.33 bits per heavy atom. The first-order chi connectivity index (χ1) is 10.2. The number of hydrogen-bond acceptors (Lipinski definition) is 5. The minimum atomic E-state index is -0.140. The monoisotopic (exact) mass is 286 g/mol. The van der Waals surface area contributed by atoms with Crippen LogP contribution in [0.1, 0.15) is 37.4 Å². The van der Waals surface area contributed by atoms with Crippen LogP contribution in [0.25, 0.3) is 0 Å². The third kappa shape index (κ3) is 3.28. The van der Waals surface area contributed by atoms with E-state index in [4.69, 9.17) is 15.7 Å². The summed E-state index contributed by atoms with van der Waals surface area (Å²) in [6, 6.07) is 7.74. The SMILES string of the molecule is CCC(C)c1ccccc1Oc1nccnc1C(N)=NO. The maximum Gasteiger partial charge on any atom is 0.249 e. The van der Waals surface area contributed by atoms with E-state index in [9.17, 15) is 0 Å². The summed E-state index contributed by atoms with van der Waals surface area (Å²) in [5, 5.41) is 11.7. The van der Waals surface area contributed by atoms with E-state index in [1.807, 2.05) is 24.3 Å². The minimum Gasteiger partial charge on any atom is -0.437 e. The molecule has 0 radical (unpaired) electrons. The second-order valence-corrected chi connectivity index (χ2v) is 4.64. The van der Waals surface area contributed by atoms with Crippen LogP contribution in [0.2, 0.25) is 0 Å². The van der Waals surface area contributed by atoms with E-state index >= 15 is 0 Å². The van der Waals surface area contributed by atoms with E-state index in [1.54, 1.807) is 0 Å². The van der Waals surface area contributed by atoms with Gasteiger partial charge in [-0.3, -0.25) is 0 Å². The Hall–Kier alpha value is -2.63. The van der Waals surface area contributed by atoms with Crippen molar-refractivity contribution in [3.05, 3.63) is 47.9 Å². The van der Waals surface area contributed by atoms with Crippen LogP contribution in [0.5, 0.6) is 11.6 Å². The van der Waals surface area contributed by atoms with Gasteiger partial charge in [0.15, 0.2) is 11.5 Å². The summed E-state index contributed by atoms with van der Waals surface area (Å²) in [7, 11) is 0. The number of nitrogens with two attached hydrogens (primary N) is 1. The number of amidine groups is 1. The maximum atomic E-state index is 8.80. The van der Waals surface area contributed by atoms with Crippen LogP contribution in [-0.2, 0) is 0 Å². The van der Waals surface area contributed by atoms with Crippen molar-refractivity contribution in [3.63, 3.8) is 0 Å².